The highest BCUT2D eigenvalue weighted by Gasteiger charge is 2.21. The summed E-state index contributed by atoms with van der Waals surface area (Å²) in [5.41, 5.74) is 0.832. The third-order valence-corrected chi connectivity index (χ3v) is 3.64. The fraction of sp³-hybridized carbons (Fsp3) is 0.500. The zero-order chi connectivity index (χ0) is 11.8. The van der Waals surface area contributed by atoms with Gasteiger partial charge in [-0.05, 0) is 32.0 Å². The third kappa shape index (κ3) is 2.15. The number of pyridine rings is 1. The number of hydrogen-bond acceptors (Lipinski definition) is 3. The highest BCUT2D eigenvalue weighted by molar-refractivity contribution is 6.30. The molecule has 0 bridgehead atoms. The van der Waals surface area contributed by atoms with E-state index in [0.717, 1.165) is 24.4 Å². The van der Waals surface area contributed by atoms with Gasteiger partial charge in [0.2, 0.25) is 0 Å². The maximum absolute atomic E-state index is 5.93. The number of hydrogen-bond donors (Lipinski definition) is 0. The molecule has 0 radical (unpaired) electrons. The van der Waals surface area contributed by atoms with Crippen LogP contribution in [0.15, 0.2) is 18.3 Å². The van der Waals surface area contributed by atoms with Gasteiger partial charge in [-0.1, -0.05) is 11.6 Å². The summed E-state index contributed by atoms with van der Waals surface area (Å²) in [7, 11) is 2.17. The Morgan fingerprint density at radius 2 is 2.35 bits per heavy atom. The molecule has 5 heteroatoms. The Kier molecular flexibility index (Phi) is 2.76. The van der Waals surface area contributed by atoms with Crippen molar-refractivity contribution < 1.29 is 0 Å². The van der Waals surface area contributed by atoms with Crippen LogP contribution in [0.2, 0.25) is 5.02 Å². The standard InChI is InChI=1S/C12H15ClN4/c1-16-4-2-9(8-16)6-11-14-15-12-7-10(13)3-5-17(11)12/h3,5,7,9H,2,4,6,8H2,1H3. The molecule has 1 aliphatic rings. The molecule has 0 aliphatic carbocycles. The molecule has 3 rings (SSSR count). The Labute approximate surface area is 105 Å². The predicted molar refractivity (Wildman–Crippen MR) is 67.3 cm³/mol. The molecule has 0 amide bonds. The van der Waals surface area contributed by atoms with Crippen LogP contribution in [-0.2, 0) is 6.42 Å². The van der Waals surface area contributed by atoms with Crippen molar-refractivity contribution in [3.05, 3.63) is 29.2 Å². The lowest BCUT2D eigenvalue weighted by atomic mass is 10.0. The summed E-state index contributed by atoms with van der Waals surface area (Å²) in [5.74, 6) is 1.74. The van der Waals surface area contributed by atoms with Crippen LogP contribution < -0.4 is 0 Å². The average molecular weight is 251 g/mol. The Bertz CT molecular complexity index is 536. The van der Waals surface area contributed by atoms with Crippen LogP contribution in [0.3, 0.4) is 0 Å². The van der Waals surface area contributed by atoms with Gasteiger partial charge in [0, 0.05) is 30.3 Å². The van der Waals surface area contributed by atoms with Crippen molar-refractivity contribution in [2.45, 2.75) is 12.8 Å². The summed E-state index contributed by atoms with van der Waals surface area (Å²) in [5, 5.41) is 9.12. The van der Waals surface area contributed by atoms with Gasteiger partial charge in [-0.2, -0.15) is 0 Å². The van der Waals surface area contributed by atoms with E-state index in [-0.39, 0.29) is 0 Å². The molecule has 3 heterocycles. The Morgan fingerprint density at radius 1 is 1.47 bits per heavy atom. The largest absolute Gasteiger partial charge is 0.306 e. The Balaban J connectivity index is 1.85. The summed E-state index contributed by atoms with van der Waals surface area (Å²) in [6.45, 7) is 2.34. The number of nitrogens with zero attached hydrogens (tertiary/aromatic N) is 4. The maximum atomic E-state index is 5.93. The van der Waals surface area contributed by atoms with Crippen LogP contribution in [0.4, 0.5) is 0 Å². The molecule has 0 aromatic carbocycles. The second kappa shape index (κ2) is 4.27. The predicted octanol–water partition coefficient (Wildman–Crippen LogP) is 1.88. The highest BCUT2D eigenvalue weighted by atomic mass is 35.5. The van der Waals surface area contributed by atoms with E-state index in [1.165, 1.54) is 13.0 Å². The topological polar surface area (TPSA) is 33.4 Å². The molecule has 4 nitrogen and oxygen atoms in total. The van der Waals surface area contributed by atoms with E-state index < -0.39 is 0 Å². The molecular formula is C12H15ClN4. The zero-order valence-corrected chi connectivity index (χ0v) is 10.6. The van der Waals surface area contributed by atoms with Crippen LogP contribution in [0.5, 0.6) is 0 Å². The Morgan fingerprint density at radius 3 is 3.12 bits per heavy atom. The number of rotatable bonds is 2. The van der Waals surface area contributed by atoms with E-state index in [9.17, 15) is 0 Å². The molecule has 1 aliphatic heterocycles. The minimum atomic E-state index is 0.697. The minimum Gasteiger partial charge on any atom is -0.306 e. The monoisotopic (exact) mass is 250 g/mol. The first-order chi connectivity index (χ1) is 8.22. The van der Waals surface area contributed by atoms with Gasteiger partial charge in [0.05, 0.1) is 0 Å². The SMILES string of the molecule is CN1CCC(Cc2nnc3cc(Cl)ccn23)C1. The van der Waals surface area contributed by atoms with Gasteiger partial charge in [-0.3, -0.25) is 4.40 Å². The van der Waals surface area contributed by atoms with E-state index in [0.29, 0.717) is 10.9 Å². The van der Waals surface area contributed by atoms with Gasteiger partial charge in [0.1, 0.15) is 5.82 Å². The molecule has 17 heavy (non-hydrogen) atoms. The molecule has 90 valence electrons. The number of likely N-dealkylation sites (tertiary alicyclic amines) is 1. The average Bonchev–Trinajstić information content (AvgIpc) is 2.86. The van der Waals surface area contributed by atoms with E-state index in [4.69, 9.17) is 11.6 Å². The molecule has 2 aromatic heterocycles. The van der Waals surface area contributed by atoms with Crippen molar-refractivity contribution >= 4 is 17.2 Å². The summed E-state index contributed by atoms with van der Waals surface area (Å²) in [4.78, 5) is 2.37. The van der Waals surface area contributed by atoms with Crippen molar-refractivity contribution in [3.8, 4) is 0 Å². The van der Waals surface area contributed by atoms with Crippen LogP contribution in [-0.4, -0.2) is 39.6 Å². The number of halogens is 1. The van der Waals surface area contributed by atoms with Crippen molar-refractivity contribution in [2.24, 2.45) is 5.92 Å². The molecule has 0 spiro atoms. The first-order valence-corrected chi connectivity index (χ1v) is 6.28. The minimum absolute atomic E-state index is 0.697. The van der Waals surface area contributed by atoms with E-state index in [1.807, 2.05) is 22.7 Å². The highest BCUT2D eigenvalue weighted by Crippen LogP contribution is 2.20. The summed E-state index contributed by atoms with van der Waals surface area (Å²) >= 11 is 5.93. The van der Waals surface area contributed by atoms with Gasteiger partial charge in [-0.15, -0.1) is 10.2 Å². The van der Waals surface area contributed by atoms with Crippen molar-refractivity contribution in [3.63, 3.8) is 0 Å². The molecule has 1 unspecified atom stereocenters. The maximum Gasteiger partial charge on any atom is 0.162 e. The zero-order valence-electron chi connectivity index (χ0n) is 9.80. The molecule has 0 saturated carbocycles. The van der Waals surface area contributed by atoms with Crippen LogP contribution in [0.25, 0.3) is 5.65 Å². The van der Waals surface area contributed by atoms with E-state index >= 15 is 0 Å². The molecule has 1 saturated heterocycles. The third-order valence-electron chi connectivity index (χ3n) is 3.40. The van der Waals surface area contributed by atoms with Crippen LogP contribution in [0.1, 0.15) is 12.2 Å². The lowest BCUT2D eigenvalue weighted by Gasteiger charge is -2.08. The molecule has 2 aromatic rings. The second-order valence-electron chi connectivity index (χ2n) is 4.81. The molecule has 1 fully saturated rings. The van der Waals surface area contributed by atoms with Crippen LogP contribution in [0, 0.1) is 5.92 Å². The van der Waals surface area contributed by atoms with Crippen molar-refractivity contribution in [2.75, 3.05) is 20.1 Å². The Hall–Kier alpha value is -1.13. The number of fused-ring (bicyclic) bond motifs is 1. The second-order valence-corrected chi connectivity index (χ2v) is 5.25. The van der Waals surface area contributed by atoms with Crippen molar-refractivity contribution in [1.29, 1.82) is 0 Å². The quantitative estimate of drug-likeness (QED) is 0.816. The first-order valence-electron chi connectivity index (χ1n) is 5.90. The summed E-state index contributed by atoms with van der Waals surface area (Å²) < 4.78 is 2.03. The molecule has 0 N–H and O–H groups in total. The smallest absolute Gasteiger partial charge is 0.162 e. The van der Waals surface area contributed by atoms with Crippen molar-refractivity contribution in [1.82, 2.24) is 19.5 Å². The summed E-state index contributed by atoms with van der Waals surface area (Å²) in [6.07, 6.45) is 4.19. The number of aromatic nitrogens is 3. The van der Waals surface area contributed by atoms with Crippen LogP contribution >= 0.6 is 11.6 Å². The first kappa shape index (κ1) is 11.0. The lowest BCUT2D eigenvalue weighted by molar-refractivity contribution is 0.392. The fourth-order valence-corrected chi connectivity index (χ4v) is 2.66. The summed E-state index contributed by atoms with van der Waals surface area (Å²) in [6, 6.07) is 3.72. The fourth-order valence-electron chi connectivity index (χ4n) is 2.51. The van der Waals surface area contributed by atoms with E-state index in [2.05, 4.69) is 22.1 Å². The normalized spacial score (nSPS) is 21.4. The molecule has 1 atom stereocenters. The van der Waals surface area contributed by atoms with Gasteiger partial charge >= 0.3 is 0 Å². The lowest BCUT2D eigenvalue weighted by Crippen LogP contribution is -2.15. The van der Waals surface area contributed by atoms with Gasteiger partial charge in [0.25, 0.3) is 0 Å². The van der Waals surface area contributed by atoms with Gasteiger partial charge in [0.15, 0.2) is 5.65 Å². The van der Waals surface area contributed by atoms with Gasteiger partial charge in [-0.25, -0.2) is 0 Å². The van der Waals surface area contributed by atoms with E-state index in [1.54, 1.807) is 0 Å². The van der Waals surface area contributed by atoms with Gasteiger partial charge < -0.3 is 4.90 Å². The molecular weight excluding hydrogens is 236 g/mol.